The lowest BCUT2D eigenvalue weighted by atomic mass is 10.1. The molecule has 0 spiro atoms. The van der Waals surface area contributed by atoms with Gasteiger partial charge in [0.05, 0.1) is 0 Å². The normalized spacial score (nSPS) is 21.4. The first-order valence-corrected chi connectivity index (χ1v) is 8.09. The third kappa shape index (κ3) is 2.62. The Balaban J connectivity index is 1.84. The van der Waals surface area contributed by atoms with E-state index in [0.717, 1.165) is 56.3 Å². The molecule has 0 saturated carbocycles. The lowest BCUT2D eigenvalue weighted by molar-refractivity contribution is -0.132. The van der Waals surface area contributed by atoms with Crippen LogP contribution in [0.15, 0.2) is 4.52 Å². The number of likely N-dealkylation sites (tertiary alicyclic amines) is 1. The summed E-state index contributed by atoms with van der Waals surface area (Å²) in [6.45, 7) is 0.616. The molecule has 1 aromatic rings. The van der Waals surface area contributed by atoms with Crippen LogP contribution in [0, 0.1) is 0 Å². The average molecular weight is 305 g/mol. The van der Waals surface area contributed by atoms with Crippen molar-refractivity contribution in [1.82, 2.24) is 15.0 Å². The van der Waals surface area contributed by atoms with Gasteiger partial charge in [0, 0.05) is 32.6 Å². The SMILES string of the molecule is CN(C)C(=O)[C@H]1CCCN1C(=O)c1noc2c1CCCCC2. The third-order valence-electron chi connectivity index (χ3n) is 4.64. The van der Waals surface area contributed by atoms with Crippen LogP contribution >= 0.6 is 0 Å². The number of hydrogen-bond acceptors (Lipinski definition) is 4. The number of hydrogen-bond donors (Lipinski definition) is 0. The Labute approximate surface area is 130 Å². The van der Waals surface area contributed by atoms with Crippen LogP contribution in [-0.4, -0.2) is 53.5 Å². The van der Waals surface area contributed by atoms with Gasteiger partial charge in [-0.2, -0.15) is 0 Å². The van der Waals surface area contributed by atoms with Gasteiger partial charge in [0.15, 0.2) is 5.69 Å². The fourth-order valence-electron chi connectivity index (χ4n) is 3.43. The maximum atomic E-state index is 12.9. The zero-order valence-corrected chi connectivity index (χ0v) is 13.3. The van der Waals surface area contributed by atoms with Crippen LogP contribution < -0.4 is 0 Å². The van der Waals surface area contributed by atoms with Gasteiger partial charge in [0.1, 0.15) is 11.8 Å². The molecule has 1 aliphatic carbocycles. The number of aryl methyl sites for hydroxylation is 1. The molecule has 1 fully saturated rings. The molecule has 120 valence electrons. The number of aromatic nitrogens is 1. The first-order valence-electron chi connectivity index (χ1n) is 8.09. The molecule has 1 atom stereocenters. The molecular formula is C16H23N3O3. The first-order chi connectivity index (χ1) is 10.6. The minimum atomic E-state index is -0.361. The van der Waals surface area contributed by atoms with E-state index in [2.05, 4.69) is 5.16 Å². The van der Waals surface area contributed by atoms with Crippen LogP contribution in [0.5, 0.6) is 0 Å². The van der Waals surface area contributed by atoms with Gasteiger partial charge in [-0.15, -0.1) is 0 Å². The van der Waals surface area contributed by atoms with Gasteiger partial charge < -0.3 is 14.3 Å². The van der Waals surface area contributed by atoms with Crippen molar-refractivity contribution in [3.8, 4) is 0 Å². The summed E-state index contributed by atoms with van der Waals surface area (Å²) in [5.74, 6) is 0.695. The zero-order chi connectivity index (χ0) is 15.7. The highest BCUT2D eigenvalue weighted by molar-refractivity contribution is 5.97. The highest BCUT2D eigenvalue weighted by Gasteiger charge is 2.37. The number of rotatable bonds is 2. The summed E-state index contributed by atoms with van der Waals surface area (Å²) in [5.41, 5.74) is 1.39. The van der Waals surface area contributed by atoms with Crippen molar-refractivity contribution in [2.75, 3.05) is 20.6 Å². The van der Waals surface area contributed by atoms with Crippen molar-refractivity contribution in [3.05, 3.63) is 17.0 Å². The second-order valence-corrected chi connectivity index (χ2v) is 6.38. The average Bonchev–Trinajstić information content (AvgIpc) is 3.07. The summed E-state index contributed by atoms with van der Waals surface area (Å²) >= 11 is 0. The van der Waals surface area contributed by atoms with E-state index in [1.807, 2.05) is 0 Å². The highest BCUT2D eigenvalue weighted by Crippen LogP contribution is 2.27. The Morgan fingerprint density at radius 1 is 1.18 bits per heavy atom. The molecule has 6 nitrogen and oxygen atoms in total. The van der Waals surface area contributed by atoms with Crippen molar-refractivity contribution >= 4 is 11.8 Å². The van der Waals surface area contributed by atoms with E-state index in [9.17, 15) is 9.59 Å². The molecule has 22 heavy (non-hydrogen) atoms. The monoisotopic (exact) mass is 305 g/mol. The molecule has 2 heterocycles. The lowest BCUT2D eigenvalue weighted by Crippen LogP contribution is -2.45. The summed E-state index contributed by atoms with van der Waals surface area (Å²) in [7, 11) is 3.46. The number of nitrogens with zero attached hydrogens (tertiary/aromatic N) is 3. The molecular weight excluding hydrogens is 282 g/mol. The minimum absolute atomic E-state index is 0.0135. The van der Waals surface area contributed by atoms with E-state index in [1.165, 1.54) is 0 Å². The maximum absolute atomic E-state index is 12.9. The quantitative estimate of drug-likeness (QED) is 0.779. The van der Waals surface area contributed by atoms with E-state index >= 15 is 0 Å². The Morgan fingerprint density at radius 3 is 2.73 bits per heavy atom. The second-order valence-electron chi connectivity index (χ2n) is 6.38. The zero-order valence-electron chi connectivity index (χ0n) is 13.3. The Bertz CT molecular complexity index is 579. The molecule has 0 aromatic carbocycles. The molecule has 1 saturated heterocycles. The molecule has 1 aliphatic heterocycles. The van der Waals surface area contributed by atoms with Crippen molar-refractivity contribution in [2.45, 2.75) is 51.0 Å². The van der Waals surface area contributed by atoms with Crippen LogP contribution in [-0.2, 0) is 17.6 Å². The van der Waals surface area contributed by atoms with Crippen LogP contribution in [0.4, 0.5) is 0 Å². The van der Waals surface area contributed by atoms with Crippen molar-refractivity contribution < 1.29 is 14.1 Å². The van der Waals surface area contributed by atoms with Gasteiger partial charge in [-0.1, -0.05) is 11.6 Å². The first kappa shape index (κ1) is 15.1. The topological polar surface area (TPSA) is 66.7 Å². The number of amides is 2. The van der Waals surface area contributed by atoms with Crippen molar-refractivity contribution in [3.63, 3.8) is 0 Å². The summed E-state index contributed by atoms with van der Waals surface area (Å²) in [6.07, 6.45) is 6.59. The number of carbonyl (C=O) groups is 2. The molecule has 1 aromatic heterocycles. The molecule has 0 N–H and O–H groups in total. The van der Waals surface area contributed by atoms with Gasteiger partial charge in [0.2, 0.25) is 5.91 Å². The van der Waals surface area contributed by atoms with E-state index in [1.54, 1.807) is 23.9 Å². The number of carbonyl (C=O) groups excluding carboxylic acids is 2. The van der Waals surface area contributed by atoms with Crippen LogP contribution in [0.25, 0.3) is 0 Å². The lowest BCUT2D eigenvalue weighted by Gasteiger charge is -2.25. The largest absolute Gasteiger partial charge is 0.360 e. The summed E-state index contributed by atoms with van der Waals surface area (Å²) < 4.78 is 5.40. The summed E-state index contributed by atoms with van der Waals surface area (Å²) in [4.78, 5) is 28.4. The minimum Gasteiger partial charge on any atom is -0.360 e. The highest BCUT2D eigenvalue weighted by atomic mass is 16.5. The van der Waals surface area contributed by atoms with Crippen LogP contribution in [0.3, 0.4) is 0 Å². The van der Waals surface area contributed by atoms with E-state index < -0.39 is 0 Å². The van der Waals surface area contributed by atoms with Gasteiger partial charge >= 0.3 is 0 Å². The van der Waals surface area contributed by atoms with Crippen molar-refractivity contribution in [2.24, 2.45) is 0 Å². The molecule has 3 rings (SSSR count). The van der Waals surface area contributed by atoms with E-state index in [0.29, 0.717) is 12.2 Å². The Morgan fingerprint density at radius 2 is 1.95 bits per heavy atom. The molecule has 6 heteroatoms. The van der Waals surface area contributed by atoms with Gasteiger partial charge in [-0.25, -0.2) is 0 Å². The predicted molar refractivity (Wildman–Crippen MR) is 80.5 cm³/mol. The fourth-order valence-corrected chi connectivity index (χ4v) is 3.43. The van der Waals surface area contributed by atoms with E-state index in [4.69, 9.17) is 4.52 Å². The maximum Gasteiger partial charge on any atom is 0.277 e. The van der Waals surface area contributed by atoms with Crippen LogP contribution in [0.2, 0.25) is 0 Å². The third-order valence-corrected chi connectivity index (χ3v) is 4.64. The molecule has 0 unspecified atom stereocenters. The molecule has 0 bridgehead atoms. The smallest absolute Gasteiger partial charge is 0.277 e. The van der Waals surface area contributed by atoms with E-state index in [-0.39, 0.29) is 17.9 Å². The number of fused-ring (bicyclic) bond motifs is 1. The summed E-state index contributed by atoms with van der Waals surface area (Å²) in [6, 6.07) is -0.361. The van der Waals surface area contributed by atoms with Crippen LogP contribution in [0.1, 0.15) is 53.9 Å². The fraction of sp³-hybridized carbons (Fsp3) is 0.688. The molecule has 0 radical (unpaired) electrons. The Kier molecular flexibility index (Phi) is 4.18. The van der Waals surface area contributed by atoms with Crippen molar-refractivity contribution in [1.29, 1.82) is 0 Å². The molecule has 2 aliphatic rings. The second kappa shape index (κ2) is 6.10. The summed E-state index contributed by atoms with van der Waals surface area (Å²) in [5, 5.41) is 4.03. The number of likely N-dealkylation sites (N-methyl/N-ethyl adjacent to an activating group) is 1. The standard InChI is InChI=1S/C16H23N3O3/c1-18(2)15(20)12-8-6-10-19(12)16(21)14-11-7-4-3-5-9-13(11)22-17-14/h12H,3-10H2,1-2H3/t12-/m1/s1. The molecule has 2 amide bonds. The predicted octanol–water partition coefficient (Wildman–Crippen LogP) is 1.64. The van der Waals surface area contributed by atoms with Gasteiger partial charge in [0.25, 0.3) is 5.91 Å². The Hall–Kier alpha value is -1.85. The van der Waals surface area contributed by atoms with Gasteiger partial charge in [-0.3, -0.25) is 9.59 Å². The van der Waals surface area contributed by atoms with Gasteiger partial charge in [-0.05, 0) is 32.1 Å².